The Kier molecular flexibility index (Phi) is 11.0. The van der Waals surface area contributed by atoms with Gasteiger partial charge in [0.2, 0.25) is 27.7 Å². The second-order valence-electron chi connectivity index (χ2n) is 18.7. The second-order valence-corrected chi connectivity index (χ2v) is 20.9. The van der Waals surface area contributed by atoms with E-state index < -0.39 is 55.7 Å². The van der Waals surface area contributed by atoms with E-state index in [9.17, 15) is 27.6 Å². The molecular weight excluding hydrogens is 749 g/mol. The minimum absolute atomic E-state index is 0.0596. The monoisotopic (exact) mass is 806 g/mol. The normalized spacial score (nSPS) is 31.0. The summed E-state index contributed by atoms with van der Waals surface area (Å²) >= 11 is 0. The maximum absolute atomic E-state index is 15.0. The van der Waals surface area contributed by atoms with Crippen molar-refractivity contribution in [2.75, 3.05) is 13.7 Å². The minimum Gasteiger partial charge on any atom is -0.497 e. The van der Waals surface area contributed by atoms with E-state index in [4.69, 9.17) is 24.2 Å². The van der Waals surface area contributed by atoms with E-state index in [1.807, 2.05) is 31.2 Å². The number of nitrogens with one attached hydrogen (secondary N) is 1. The van der Waals surface area contributed by atoms with Crippen LogP contribution in [-0.4, -0.2) is 83.0 Å². The number of rotatable bonds is 9. The maximum atomic E-state index is 15.0. The van der Waals surface area contributed by atoms with Gasteiger partial charge in [0.15, 0.2) is 5.78 Å². The predicted molar refractivity (Wildman–Crippen MR) is 213 cm³/mol. The number of carbonyl (C=O) groups is 4. The van der Waals surface area contributed by atoms with Crippen molar-refractivity contribution in [3.05, 3.63) is 36.0 Å². The van der Waals surface area contributed by atoms with Crippen molar-refractivity contribution in [2.24, 2.45) is 29.1 Å². The number of allylic oxidation sites excluding steroid dienone is 2. The number of sulfonamides is 1. The van der Waals surface area contributed by atoms with Crippen molar-refractivity contribution in [3.8, 4) is 11.6 Å². The number of amides is 2. The quantitative estimate of drug-likeness (QED) is 0.226. The third-order valence-corrected chi connectivity index (χ3v) is 14.9. The number of hydrogen-bond acceptors (Lipinski definition) is 11. The molecule has 0 radical (unpaired) electrons. The molecule has 1 N–H and O–H groups in total. The van der Waals surface area contributed by atoms with Gasteiger partial charge in [0.05, 0.1) is 53.2 Å². The Hall–Kier alpha value is -4.07. The Bertz CT molecular complexity index is 2070. The van der Waals surface area contributed by atoms with Gasteiger partial charge in [-0.3, -0.25) is 23.9 Å². The number of ether oxygens (including phenoxy) is 3. The Labute approximate surface area is 336 Å². The van der Waals surface area contributed by atoms with Gasteiger partial charge < -0.3 is 19.1 Å². The SMILES string of the molecule is COc1ccc2nc(O[C@@H]3C[C@H]4C(=O)C[C@]5(C(=O)NS(=O)(=O)C6(C)CC6)C[C@H]5/C=C\CC[C@@H](C)C[C@@H](C)[C@H](CC(=O)OC(C)(C)C)C(=O)N4C3)c(C3CC3)nc2c1. The van der Waals surface area contributed by atoms with Gasteiger partial charge in [-0.1, -0.05) is 26.0 Å². The van der Waals surface area contributed by atoms with Gasteiger partial charge in [0.25, 0.3) is 0 Å². The number of methoxy groups -OCH3 is 1. The number of fused-ring (bicyclic) bond motifs is 3. The number of aromatic nitrogens is 2. The number of Topliss-reactive ketones (excluding diaryl/α,β-unsaturated/α-hetero) is 1. The fourth-order valence-corrected chi connectivity index (χ4v) is 10.0. The fraction of sp³-hybridized carbons (Fsp3) is 0.674. The van der Waals surface area contributed by atoms with E-state index in [1.54, 1.807) is 45.8 Å². The largest absolute Gasteiger partial charge is 0.497 e. The van der Waals surface area contributed by atoms with Gasteiger partial charge in [-0.15, -0.1) is 0 Å². The molecular formula is C43H58N4O9S. The molecule has 310 valence electrons. The van der Waals surface area contributed by atoms with E-state index >= 15 is 0 Å². The summed E-state index contributed by atoms with van der Waals surface area (Å²) < 4.78 is 45.6. The summed E-state index contributed by atoms with van der Waals surface area (Å²) in [5, 5.41) is 0. The molecule has 0 unspecified atom stereocenters. The van der Waals surface area contributed by atoms with Crippen LogP contribution >= 0.6 is 0 Å². The van der Waals surface area contributed by atoms with Gasteiger partial charge in [0, 0.05) is 24.8 Å². The van der Waals surface area contributed by atoms with Crippen LogP contribution in [-0.2, 0) is 33.9 Å². The molecule has 7 atom stereocenters. The number of benzene rings is 1. The molecule has 4 fully saturated rings. The van der Waals surface area contributed by atoms with Crippen molar-refractivity contribution in [1.82, 2.24) is 19.6 Å². The highest BCUT2D eigenvalue weighted by molar-refractivity contribution is 7.91. The van der Waals surface area contributed by atoms with E-state index in [2.05, 4.69) is 11.6 Å². The number of esters is 1. The van der Waals surface area contributed by atoms with Crippen molar-refractivity contribution in [2.45, 2.75) is 141 Å². The summed E-state index contributed by atoms with van der Waals surface area (Å²) in [6.07, 6.45) is 8.42. The lowest BCUT2D eigenvalue weighted by Crippen LogP contribution is -2.48. The summed E-state index contributed by atoms with van der Waals surface area (Å²) in [7, 11) is -2.36. The first kappa shape index (κ1) is 41.1. The Morgan fingerprint density at radius 3 is 2.44 bits per heavy atom. The zero-order valence-electron chi connectivity index (χ0n) is 34.3. The first-order valence-electron chi connectivity index (χ1n) is 20.6. The maximum Gasteiger partial charge on any atom is 0.307 e. The van der Waals surface area contributed by atoms with Gasteiger partial charge in [-0.2, -0.15) is 0 Å². The zero-order valence-corrected chi connectivity index (χ0v) is 35.2. The highest BCUT2D eigenvalue weighted by Gasteiger charge is 2.63. The molecule has 13 nitrogen and oxygen atoms in total. The molecule has 2 aromatic rings. The van der Waals surface area contributed by atoms with Crippen LogP contribution in [0.4, 0.5) is 0 Å². The molecule has 0 spiro atoms. The first-order valence-corrected chi connectivity index (χ1v) is 22.1. The van der Waals surface area contributed by atoms with Crippen LogP contribution in [0.3, 0.4) is 0 Å². The summed E-state index contributed by atoms with van der Waals surface area (Å²) in [5.74, 6) is -1.76. The average molecular weight is 807 g/mol. The van der Waals surface area contributed by atoms with Crippen molar-refractivity contribution >= 4 is 44.6 Å². The summed E-state index contributed by atoms with van der Waals surface area (Å²) in [4.78, 5) is 68.4. The number of hydrogen-bond donors (Lipinski definition) is 1. The molecule has 0 bridgehead atoms. The topological polar surface area (TPSA) is 171 Å². The average Bonchev–Trinajstić information content (AvgIpc) is 4.07. The van der Waals surface area contributed by atoms with Crippen LogP contribution in [0.1, 0.15) is 124 Å². The first-order chi connectivity index (χ1) is 26.8. The fourth-order valence-electron chi connectivity index (χ4n) is 8.67. The van der Waals surface area contributed by atoms with Gasteiger partial charge in [-0.25, -0.2) is 18.4 Å². The van der Waals surface area contributed by atoms with Crippen LogP contribution in [0.5, 0.6) is 11.6 Å². The lowest BCUT2D eigenvalue weighted by atomic mass is 9.82. The molecule has 5 aliphatic rings. The van der Waals surface area contributed by atoms with Crippen molar-refractivity contribution in [1.29, 1.82) is 0 Å². The van der Waals surface area contributed by atoms with E-state index in [0.29, 0.717) is 48.3 Å². The second kappa shape index (κ2) is 15.3. The lowest BCUT2D eigenvalue weighted by molar-refractivity contribution is -0.160. The highest BCUT2D eigenvalue weighted by atomic mass is 32.2. The number of nitrogens with zero attached hydrogens (tertiary/aromatic N) is 3. The lowest BCUT2D eigenvalue weighted by Gasteiger charge is -2.32. The number of carbonyl (C=O) groups excluding carboxylic acids is 4. The molecule has 2 aliphatic heterocycles. The Morgan fingerprint density at radius 1 is 1.04 bits per heavy atom. The molecule has 1 saturated heterocycles. The standard InChI is InChI=1S/C43H58N4O9S/c1-25-10-8-9-11-28-22-43(28,40(51)46-57(52,53)42(6)16-17-42)23-35(48)34-20-30(24-47(34)39(50)31(26(2)18-25)21-36(49)56-41(3,4)5)55-38-37(27-12-13-27)44-33-19-29(54-7)14-15-32(33)45-38/h9,11,14-15,19,25-28,30-31,34H,8,10,12-13,16-18,20-24H2,1-7H3,(H,46,51)/b11-9-/t25-,26-,28-,30-,31+,34+,43-/m1/s1. The van der Waals surface area contributed by atoms with E-state index in [1.165, 1.54) is 0 Å². The van der Waals surface area contributed by atoms with Gasteiger partial charge in [0.1, 0.15) is 23.1 Å². The third kappa shape index (κ3) is 8.85. The van der Waals surface area contributed by atoms with Crippen LogP contribution in [0.25, 0.3) is 11.0 Å². The third-order valence-electron chi connectivity index (χ3n) is 12.7. The summed E-state index contributed by atoms with van der Waals surface area (Å²) in [6, 6.07) is 4.47. The molecule has 3 saturated carbocycles. The summed E-state index contributed by atoms with van der Waals surface area (Å²) in [5.41, 5.74) is -0.00307. The summed E-state index contributed by atoms with van der Waals surface area (Å²) in [6.45, 7) is 11.1. The predicted octanol–water partition coefficient (Wildman–Crippen LogP) is 6.19. The van der Waals surface area contributed by atoms with E-state index in [-0.39, 0.29) is 61.2 Å². The zero-order chi connectivity index (χ0) is 41.1. The molecule has 1 aromatic heterocycles. The van der Waals surface area contributed by atoms with Crippen molar-refractivity contribution in [3.63, 3.8) is 0 Å². The van der Waals surface area contributed by atoms with Gasteiger partial charge in [-0.05, 0) is 109 Å². The van der Waals surface area contributed by atoms with Crippen LogP contribution in [0, 0.1) is 29.1 Å². The molecule has 3 heterocycles. The van der Waals surface area contributed by atoms with E-state index in [0.717, 1.165) is 31.4 Å². The Balaban J connectivity index is 1.23. The molecule has 3 aliphatic carbocycles. The minimum atomic E-state index is -3.95. The molecule has 2 amide bonds. The molecule has 1 aromatic carbocycles. The highest BCUT2D eigenvalue weighted by Crippen LogP contribution is 2.58. The molecule has 7 rings (SSSR count). The van der Waals surface area contributed by atoms with Crippen molar-refractivity contribution < 1.29 is 41.8 Å². The Morgan fingerprint density at radius 2 is 1.77 bits per heavy atom. The molecule has 57 heavy (non-hydrogen) atoms. The van der Waals surface area contributed by atoms with Crippen LogP contribution < -0.4 is 14.2 Å². The molecule has 14 heteroatoms. The van der Waals surface area contributed by atoms with Crippen LogP contribution in [0.2, 0.25) is 0 Å². The number of ketones is 1. The van der Waals surface area contributed by atoms with Gasteiger partial charge >= 0.3 is 5.97 Å². The van der Waals surface area contributed by atoms with Crippen LogP contribution in [0.15, 0.2) is 30.4 Å². The smallest absolute Gasteiger partial charge is 0.307 e.